The summed E-state index contributed by atoms with van der Waals surface area (Å²) in [5, 5.41) is 6.94. The lowest BCUT2D eigenvalue weighted by Gasteiger charge is -2.29. The molecule has 2 aromatic rings. The van der Waals surface area contributed by atoms with E-state index in [0.29, 0.717) is 23.5 Å². The largest absolute Gasteiger partial charge is 0.462 e. The van der Waals surface area contributed by atoms with Gasteiger partial charge in [0.15, 0.2) is 11.5 Å². The van der Waals surface area contributed by atoms with Crippen molar-refractivity contribution in [1.82, 2.24) is 24.6 Å². The maximum Gasteiger partial charge on any atom is 0.365 e. The SMILES string of the molecule is CC(C)OC(=O)C(C)(C)NP(=O)(CO[C@@H](C)Cn1cnc2c(N)ncnc21)ON=C1CCCC1. The molecule has 1 saturated carbocycles. The first-order valence-corrected chi connectivity index (χ1v) is 13.2. The summed E-state index contributed by atoms with van der Waals surface area (Å²) in [6.07, 6.45) is 5.61. The molecule has 1 unspecified atom stereocenters. The number of carbonyl (C=O) groups excluding carboxylic acids is 1. The molecule has 0 aromatic carbocycles. The Bertz CT molecular complexity index is 1080. The number of ether oxygens (including phenoxy) is 2. The molecule has 188 valence electrons. The highest BCUT2D eigenvalue weighted by molar-refractivity contribution is 7.56. The quantitative estimate of drug-likeness (QED) is 0.269. The zero-order valence-electron chi connectivity index (χ0n) is 20.4. The number of nitrogens with one attached hydrogen (secondary N) is 1. The van der Waals surface area contributed by atoms with Gasteiger partial charge < -0.3 is 24.4 Å². The van der Waals surface area contributed by atoms with Crippen LogP contribution in [-0.4, -0.2) is 55.3 Å². The van der Waals surface area contributed by atoms with E-state index in [0.717, 1.165) is 31.4 Å². The zero-order valence-corrected chi connectivity index (χ0v) is 21.2. The lowest BCUT2D eigenvalue weighted by molar-refractivity contribution is -0.153. The molecule has 34 heavy (non-hydrogen) atoms. The highest BCUT2D eigenvalue weighted by Crippen LogP contribution is 2.46. The number of fused-ring (bicyclic) bond motifs is 1. The molecule has 12 nitrogen and oxygen atoms in total. The molecule has 0 aliphatic heterocycles. The number of carbonyl (C=O) groups is 1. The van der Waals surface area contributed by atoms with Crippen LogP contribution in [0.4, 0.5) is 5.82 Å². The maximum atomic E-state index is 13.7. The van der Waals surface area contributed by atoms with Gasteiger partial charge in [-0.2, -0.15) is 0 Å². The number of rotatable bonds is 11. The van der Waals surface area contributed by atoms with Crippen molar-refractivity contribution < 1.29 is 23.5 Å². The number of imidazole rings is 1. The second kappa shape index (κ2) is 10.8. The molecule has 0 saturated heterocycles. The van der Waals surface area contributed by atoms with Crippen molar-refractivity contribution in [3.05, 3.63) is 12.7 Å². The van der Waals surface area contributed by atoms with Gasteiger partial charge in [-0.25, -0.2) is 20.0 Å². The average Bonchev–Trinajstić information content (AvgIpc) is 3.41. The van der Waals surface area contributed by atoms with Crippen LogP contribution in [0, 0.1) is 0 Å². The Labute approximate surface area is 199 Å². The van der Waals surface area contributed by atoms with Crippen molar-refractivity contribution in [3.63, 3.8) is 0 Å². The number of oxime groups is 1. The standard InChI is InChI=1S/C21H34N7O5P/c1-14(2)32-20(29)21(4,5)27-34(30,33-26-16-8-6-7-9-16)13-31-15(3)10-28-12-25-17-18(22)23-11-24-19(17)28/h11-12,14-15H,6-10,13H2,1-5H3,(H,27,30)(H2,22,23,24)/t15-,34?/m0/s1. The Hall–Kier alpha value is -2.56. The first-order valence-electron chi connectivity index (χ1n) is 11.4. The van der Waals surface area contributed by atoms with E-state index >= 15 is 0 Å². The minimum atomic E-state index is -3.72. The smallest absolute Gasteiger partial charge is 0.365 e. The van der Waals surface area contributed by atoms with Crippen molar-refractivity contribution in [2.45, 2.75) is 84.6 Å². The van der Waals surface area contributed by atoms with Crippen LogP contribution in [0.25, 0.3) is 11.2 Å². The van der Waals surface area contributed by atoms with Crippen molar-refractivity contribution in [3.8, 4) is 0 Å². The number of nitrogen functional groups attached to an aromatic ring is 1. The molecule has 2 heterocycles. The fraction of sp³-hybridized carbons (Fsp3) is 0.667. The summed E-state index contributed by atoms with van der Waals surface area (Å²) in [6, 6.07) is 0. The van der Waals surface area contributed by atoms with Gasteiger partial charge in [0.05, 0.1) is 30.8 Å². The molecule has 0 radical (unpaired) electrons. The van der Waals surface area contributed by atoms with Gasteiger partial charge in [-0.05, 0) is 60.3 Å². The summed E-state index contributed by atoms with van der Waals surface area (Å²) in [7, 11) is -3.72. The third-order valence-corrected chi connectivity index (χ3v) is 6.93. The van der Waals surface area contributed by atoms with E-state index < -0.39 is 25.1 Å². The van der Waals surface area contributed by atoms with Gasteiger partial charge in [0.2, 0.25) is 0 Å². The van der Waals surface area contributed by atoms with Crippen LogP contribution < -0.4 is 10.8 Å². The number of anilines is 1. The monoisotopic (exact) mass is 495 g/mol. The number of esters is 1. The normalized spacial score (nSPS) is 17.1. The molecule has 2 atom stereocenters. The van der Waals surface area contributed by atoms with Gasteiger partial charge in [0.25, 0.3) is 0 Å². The van der Waals surface area contributed by atoms with Crippen molar-refractivity contribution in [1.29, 1.82) is 0 Å². The summed E-state index contributed by atoms with van der Waals surface area (Å²) in [5.41, 5.74) is 6.49. The van der Waals surface area contributed by atoms with E-state index in [1.165, 1.54) is 6.33 Å². The average molecular weight is 496 g/mol. The molecule has 0 bridgehead atoms. The number of nitrogens with zero attached hydrogens (tertiary/aromatic N) is 5. The third-order valence-electron chi connectivity index (χ3n) is 5.20. The van der Waals surface area contributed by atoms with Crippen LogP contribution in [0.5, 0.6) is 0 Å². The predicted molar refractivity (Wildman–Crippen MR) is 128 cm³/mol. The van der Waals surface area contributed by atoms with E-state index in [2.05, 4.69) is 25.2 Å². The van der Waals surface area contributed by atoms with Gasteiger partial charge in [-0.3, -0.25) is 9.36 Å². The lowest BCUT2D eigenvalue weighted by Crippen LogP contribution is -2.47. The van der Waals surface area contributed by atoms with Gasteiger partial charge in [0, 0.05) is 0 Å². The van der Waals surface area contributed by atoms with Crippen molar-refractivity contribution in [2.24, 2.45) is 5.16 Å². The molecule has 1 fully saturated rings. The number of nitrogens with two attached hydrogens (primary N) is 1. The highest BCUT2D eigenvalue weighted by atomic mass is 31.2. The molecule has 3 N–H and O–H groups in total. The molecule has 0 amide bonds. The maximum absolute atomic E-state index is 13.7. The van der Waals surface area contributed by atoms with Crippen LogP contribution in [0.3, 0.4) is 0 Å². The summed E-state index contributed by atoms with van der Waals surface area (Å²) >= 11 is 0. The van der Waals surface area contributed by atoms with Crippen molar-refractivity contribution in [2.75, 3.05) is 12.1 Å². The molecule has 2 aromatic heterocycles. The van der Waals surface area contributed by atoms with Crippen LogP contribution in [0.2, 0.25) is 0 Å². The molecule has 3 rings (SSSR count). The van der Waals surface area contributed by atoms with Crippen molar-refractivity contribution >= 4 is 36.2 Å². The highest BCUT2D eigenvalue weighted by Gasteiger charge is 2.40. The Kier molecular flexibility index (Phi) is 8.27. The first-order chi connectivity index (χ1) is 16.0. The summed E-state index contributed by atoms with van der Waals surface area (Å²) in [5.74, 6) is -0.254. The third kappa shape index (κ3) is 6.74. The van der Waals surface area contributed by atoms with Crippen LogP contribution in [0.15, 0.2) is 17.8 Å². The molecule has 0 spiro atoms. The van der Waals surface area contributed by atoms with Gasteiger partial charge in [-0.1, -0.05) is 5.16 Å². The predicted octanol–water partition coefficient (Wildman–Crippen LogP) is 3.23. The Morgan fingerprint density at radius 1 is 1.26 bits per heavy atom. The number of hydrogen-bond donors (Lipinski definition) is 2. The fourth-order valence-electron chi connectivity index (χ4n) is 3.49. The van der Waals surface area contributed by atoms with E-state index in [-0.39, 0.29) is 12.5 Å². The Morgan fingerprint density at radius 2 is 1.97 bits per heavy atom. The second-order valence-electron chi connectivity index (χ2n) is 9.24. The summed E-state index contributed by atoms with van der Waals surface area (Å²) in [6.45, 7) is 8.86. The van der Waals surface area contributed by atoms with Crippen LogP contribution in [-0.2, 0) is 30.0 Å². The van der Waals surface area contributed by atoms with Gasteiger partial charge in [-0.15, -0.1) is 0 Å². The summed E-state index contributed by atoms with van der Waals surface area (Å²) < 4.78 is 32.2. The minimum Gasteiger partial charge on any atom is -0.462 e. The second-order valence-corrected chi connectivity index (χ2v) is 11.2. The minimum absolute atomic E-state index is 0.293. The molecule has 13 heteroatoms. The first kappa shape index (κ1) is 26.1. The van der Waals surface area contributed by atoms with E-state index in [4.69, 9.17) is 19.8 Å². The van der Waals surface area contributed by atoms with Gasteiger partial charge >= 0.3 is 13.5 Å². The molecular weight excluding hydrogens is 461 g/mol. The van der Waals surface area contributed by atoms with Crippen LogP contribution >= 0.6 is 7.52 Å². The molecular formula is C21H34N7O5P. The summed E-state index contributed by atoms with van der Waals surface area (Å²) in [4.78, 5) is 24.9. The Balaban J connectivity index is 1.70. The van der Waals surface area contributed by atoms with E-state index in [9.17, 15) is 9.36 Å². The van der Waals surface area contributed by atoms with Gasteiger partial charge in [0.1, 0.15) is 23.7 Å². The lowest BCUT2D eigenvalue weighted by atomic mass is 10.1. The zero-order chi connectivity index (χ0) is 24.9. The molecule has 1 aliphatic rings. The number of hydrogen-bond acceptors (Lipinski definition) is 10. The number of aromatic nitrogens is 4. The van der Waals surface area contributed by atoms with E-state index in [1.807, 2.05) is 6.92 Å². The topological polar surface area (TPSA) is 156 Å². The molecule has 1 aliphatic carbocycles. The fourth-order valence-corrected chi connectivity index (χ4v) is 5.29. The van der Waals surface area contributed by atoms with Crippen LogP contribution in [0.1, 0.15) is 60.3 Å². The van der Waals surface area contributed by atoms with E-state index in [1.54, 1.807) is 38.6 Å². The Morgan fingerprint density at radius 3 is 2.65 bits per heavy atom.